The van der Waals surface area contributed by atoms with Crippen LogP contribution >= 0.6 is 0 Å². The van der Waals surface area contributed by atoms with E-state index >= 15 is 0 Å². The quantitative estimate of drug-likeness (QED) is 0.564. The Kier molecular flexibility index (Phi) is 3.57. The fraction of sp³-hybridized carbons (Fsp3) is 0.500. The van der Waals surface area contributed by atoms with E-state index in [-0.39, 0.29) is 11.3 Å². The van der Waals surface area contributed by atoms with Crippen LogP contribution in [-0.4, -0.2) is 12.5 Å². The summed E-state index contributed by atoms with van der Waals surface area (Å²) < 4.78 is 0. The standard InChI is InChI=1S/C14H21N3O/c1-10-4-5-11(12(8-10)17-15)13(18)16-9-14(2)6-3-7-14/h4-5,8,17H,3,6-7,9,15H2,1-2H3,(H,16,18). The van der Waals surface area contributed by atoms with Gasteiger partial charge >= 0.3 is 0 Å². The van der Waals surface area contributed by atoms with E-state index in [0.29, 0.717) is 11.3 Å². The number of amides is 1. The van der Waals surface area contributed by atoms with Gasteiger partial charge in [0.1, 0.15) is 0 Å². The summed E-state index contributed by atoms with van der Waals surface area (Å²) in [7, 11) is 0. The van der Waals surface area contributed by atoms with Crippen LogP contribution in [0.25, 0.3) is 0 Å². The SMILES string of the molecule is Cc1ccc(C(=O)NCC2(C)CCC2)c(NN)c1. The summed E-state index contributed by atoms with van der Waals surface area (Å²) >= 11 is 0. The van der Waals surface area contributed by atoms with Crippen LogP contribution in [-0.2, 0) is 0 Å². The third-order valence-corrected chi connectivity index (χ3v) is 3.81. The van der Waals surface area contributed by atoms with E-state index in [0.717, 1.165) is 12.1 Å². The summed E-state index contributed by atoms with van der Waals surface area (Å²) in [5.74, 6) is 5.39. The zero-order valence-corrected chi connectivity index (χ0v) is 11.0. The molecule has 0 saturated heterocycles. The lowest BCUT2D eigenvalue weighted by Crippen LogP contribution is -2.40. The van der Waals surface area contributed by atoms with Gasteiger partial charge in [-0.2, -0.15) is 0 Å². The Morgan fingerprint density at radius 2 is 2.17 bits per heavy atom. The zero-order chi connectivity index (χ0) is 13.2. The molecule has 1 aromatic rings. The molecule has 18 heavy (non-hydrogen) atoms. The number of aryl methyl sites for hydroxylation is 1. The molecule has 0 spiro atoms. The van der Waals surface area contributed by atoms with Gasteiger partial charge in [-0.05, 0) is 42.9 Å². The molecule has 0 heterocycles. The maximum Gasteiger partial charge on any atom is 0.253 e. The summed E-state index contributed by atoms with van der Waals surface area (Å²) in [4.78, 5) is 12.1. The average Bonchev–Trinajstić information content (AvgIpc) is 2.33. The molecule has 4 nitrogen and oxygen atoms in total. The van der Waals surface area contributed by atoms with Crippen molar-refractivity contribution in [3.8, 4) is 0 Å². The van der Waals surface area contributed by atoms with Crippen molar-refractivity contribution >= 4 is 11.6 Å². The number of nitrogen functional groups attached to an aromatic ring is 1. The second-order valence-electron chi connectivity index (χ2n) is 5.54. The van der Waals surface area contributed by atoms with Gasteiger partial charge in [0.2, 0.25) is 0 Å². The molecule has 0 atom stereocenters. The summed E-state index contributed by atoms with van der Waals surface area (Å²) in [6.07, 6.45) is 3.67. The predicted molar refractivity (Wildman–Crippen MR) is 73.3 cm³/mol. The minimum atomic E-state index is -0.0592. The number of hydrazine groups is 1. The van der Waals surface area contributed by atoms with Gasteiger partial charge in [-0.1, -0.05) is 19.4 Å². The first kappa shape index (κ1) is 12.9. The first-order valence-electron chi connectivity index (χ1n) is 6.40. The molecule has 0 radical (unpaired) electrons. The van der Waals surface area contributed by atoms with E-state index in [1.54, 1.807) is 0 Å². The number of rotatable bonds is 4. The summed E-state index contributed by atoms with van der Waals surface area (Å²) in [6, 6.07) is 5.60. The molecule has 0 aromatic heterocycles. The van der Waals surface area contributed by atoms with Crippen LogP contribution in [0.5, 0.6) is 0 Å². The van der Waals surface area contributed by atoms with Crippen LogP contribution < -0.4 is 16.6 Å². The van der Waals surface area contributed by atoms with Gasteiger partial charge in [-0.15, -0.1) is 0 Å². The van der Waals surface area contributed by atoms with Crippen molar-refractivity contribution in [2.45, 2.75) is 33.1 Å². The molecule has 1 amide bonds. The number of carbonyl (C=O) groups is 1. The van der Waals surface area contributed by atoms with Crippen molar-refractivity contribution < 1.29 is 4.79 Å². The highest BCUT2D eigenvalue weighted by molar-refractivity contribution is 5.99. The van der Waals surface area contributed by atoms with E-state index in [1.165, 1.54) is 19.3 Å². The number of carbonyl (C=O) groups excluding carboxylic acids is 1. The fourth-order valence-corrected chi connectivity index (χ4v) is 2.32. The van der Waals surface area contributed by atoms with Crippen molar-refractivity contribution in [3.05, 3.63) is 29.3 Å². The normalized spacial score (nSPS) is 16.8. The van der Waals surface area contributed by atoms with Crippen molar-refractivity contribution in [1.29, 1.82) is 0 Å². The van der Waals surface area contributed by atoms with Crippen molar-refractivity contribution in [3.63, 3.8) is 0 Å². The zero-order valence-electron chi connectivity index (χ0n) is 11.0. The predicted octanol–water partition coefficient (Wildman–Crippen LogP) is 2.20. The van der Waals surface area contributed by atoms with E-state index in [9.17, 15) is 4.79 Å². The van der Waals surface area contributed by atoms with E-state index in [2.05, 4.69) is 17.7 Å². The summed E-state index contributed by atoms with van der Waals surface area (Å²) in [6.45, 7) is 4.93. The van der Waals surface area contributed by atoms with Gasteiger partial charge in [-0.3, -0.25) is 10.6 Å². The largest absolute Gasteiger partial charge is 0.351 e. The topological polar surface area (TPSA) is 67.2 Å². The average molecular weight is 247 g/mol. The lowest BCUT2D eigenvalue weighted by molar-refractivity contribution is 0.0891. The molecular formula is C14H21N3O. The van der Waals surface area contributed by atoms with Crippen LogP contribution in [0.4, 0.5) is 5.69 Å². The molecule has 0 unspecified atom stereocenters. The minimum absolute atomic E-state index is 0.0592. The van der Waals surface area contributed by atoms with E-state index in [4.69, 9.17) is 5.84 Å². The molecular weight excluding hydrogens is 226 g/mol. The smallest absolute Gasteiger partial charge is 0.253 e. The molecule has 0 aliphatic heterocycles. The molecule has 1 saturated carbocycles. The summed E-state index contributed by atoms with van der Waals surface area (Å²) in [5, 5.41) is 3.00. The monoisotopic (exact) mass is 247 g/mol. The number of nitrogens with one attached hydrogen (secondary N) is 2. The number of hydrogen-bond acceptors (Lipinski definition) is 3. The number of benzene rings is 1. The Balaban J connectivity index is 2.04. The highest BCUT2D eigenvalue weighted by Crippen LogP contribution is 2.39. The first-order valence-corrected chi connectivity index (χ1v) is 6.40. The van der Waals surface area contributed by atoms with E-state index < -0.39 is 0 Å². The Hall–Kier alpha value is -1.55. The maximum atomic E-state index is 12.1. The molecule has 1 fully saturated rings. The summed E-state index contributed by atoms with van der Waals surface area (Å²) in [5.41, 5.74) is 5.22. The number of hydrogen-bond donors (Lipinski definition) is 3. The molecule has 4 N–H and O–H groups in total. The van der Waals surface area contributed by atoms with Gasteiger partial charge in [0, 0.05) is 6.54 Å². The van der Waals surface area contributed by atoms with Crippen molar-refractivity contribution in [2.75, 3.05) is 12.0 Å². The molecule has 98 valence electrons. The van der Waals surface area contributed by atoms with Crippen molar-refractivity contribution in [2.24, 2.45) is 11.3 Å². The Morgan fingerprint density at radius 1 is 1.44 bits per heavy atom. The molecule has 1 aromatic carbocycles. The van der Waals surface area contributed by atoms with Gasteiger partial charge in [0.25, 0.3) is 5.91 Å². The lowest BCUT2D eigenvalue weighted by atomic mass is 9.70. The van der Waals surface area contributed by atoms with Crippen LogP contribution in [0, 0.1) is 12.3 Å². The molecule has 1 aliphatic rings. The Morgan fingerprint density at radius 3 is 2.72 bits per heavy atom. The highest BCUT2D eigenvalue weighted by Gasteiger charge is 2.32. The van der Waals surface area contributed by atoms with Gasteiger partial charge in [0.05, 0.1) is 11.3 Å². The molecule has 4 heteroatoms. The van der Waals surface area contributed by atoms with Crippen LogP contribution in [0.1, 0.15) is 42.1 Å². The fourth-order valence-electron chi connectivity index (χ4n) is 2.32. The van der Waals surface area contributed by atoms with Gasteiger partial charge in [-0.25, -0.2) is 0 Å². The van der Waals surface area contributed by atoms with E-state index in [1.807, 2.05) is 25.1 Å². The van der Waals surface area contributed by atoms with Crippen LogP contribution in [0.3, 0.4) is 0 Å². The minimum Gasteiger partial charge on any atom is -0.351 e. The third kappa shape index (κ3) is 2.64. The third-order valence-electron chi connectivity index (χ3n) is 3.81. The second kappa shape index (κ2) is 4.98. The van der Waals surface area contributed by atoms with Crippen molar-refractivity contribution in [1.82, 2.24) is 5.32 Å². The highest BCUT2D eigenvalue weighted by atomic mass is 16.1. The first-order chi connectivity index (χ1) is 8.54. The molecule has 1 aliphatic carbocycles. The molecule has 0 bridgehead atoms. The lowest BCUT2D eigenvalue weighted by Gasteiger charge is -2.38. The van der Waals surface area contributed by atoms with Gasteiger partial charge in [0.15, 0.2) is 0 Å². The van der Waals surface area contributed by atoms with Gasteiger partial charge < -0.3 is 10.7 Å². The number of nitrogens with two attached hydrogens (primary N) is 1. The Labute approximate surface area is 108 Å². The van der Waals surface area contributed by atoms with Crippen LogP contribution in [0.15, 0.2) is 18.2 Å². The van der Waals surface area contributed by atoms with Crippen LogP contribution in [0.2, 0.25) is 0 Å². The Bertz CT molecular complexity index is 452. The number of anilines is 1. The molecule has 2 rings (SSSR count). The maximum absolute atomic E-state index is 12.1. The second-order valence-corrected chi connectivity index (χ2v) is 5.54.